The van der Waals surface area contributed by atoms with Crippen LogP contribution in [0.2, 0.25) is 5.02 Å². The van der Waals surface area contributed by atoms with E-state index in [1.165, 1.54) is 0 Å². The standard InChI is InChI=1S/C20H21ClN4O2S2/c21-15-5-7-16(8-6-15)27-13-1-4-18(26)24-9-11-25(12-10-24)20-23-22-19(29-20)17-3-2-14-28-17/h2-3,5-8,14H,1,4,9-13H2. The van der Waals surface area contributed by atoms with Crippen LogP contribution in [0.15, 0.2) is 41.8 Å². The second kappa shape index (κ2) is 9.56. The first kappa shape index (κ1) is 20.1. The van der Waals surface area contributed by atoms with E-state index in [9.17, 15) is 4.79 Å². The van der Waals surface area contributed by atoms with Gasteiger partial charge in [0.1, 0.15) is 5.75 Å². The third-order valence-electron chi connectivity index (χ3n) is 4.67. The molecule has 0 aliphatic carbocycles. The lowest BCUT2D eigenvalue weighted by Crippen LogP contribution is -2.48. The molecule has 2 aromatic heterocycles. The van der Waals surface area contributed by atoms with Crippen LogP contribution >= 0.6 is 34.3 Å². The summed E-state index contributed by atoms with van der Waals surface area (Å²) < 4.78 is 5.66. The zero-order chi connectivity index (χ0) is 20.1. The molecule has 1 saturated heterocycles. The van der Waals surface area contributed by atoms with E-state index in [-0.39, 0.29) is 5.91 Å². The first-order chi connectivity index (χ1) is 14.2. The van der Waals surface area contributed by atoms with Gasteiger partial charge in [-0.25, -0.2) is 0 Å². The highest BCUT2D eigenvalue weighted by Crippen LogP contribution is 2.31. The fraction of sp³-hybridized carbons (Fsp3) is 0.350. The summed E-state index contributed by atoms with van der Waals surface area (Å²) in [5.41, 5.74) is 0. The molecule has 29 heavy (non-hydrogen) atoms. The molecule has 0 unspecified atom stereocenters. The first-order valence-corrected chi connectivity index (χ1v) is 11.5. The maximum absolute atomic E-state index is 12.5. The first-order valence-electron chi connectivity index (χ1n) is 9.47. The number of carbonyl (C=O) groups is 1. The average molecular weight is 449 g/mol. The molecule has 9 heteroatoms. The molecule has 4 rings (SSSR count). The van der Waals surface area contributed by atoms with Crippen molar-refractivity contribution < 1.29 is 9.53 Å². The van der Waals surface area contributed by atoms with Crippen molar-refractivity contribution in [1.82, 2.24) is 15.1 Å². The number of ether oxygens (including phenoxy) is 1. The molecule has 3 aromatic rings. The van der Waals surface area contributed by atoms with Crippen LogP contribution < -0.4 is 9.64 Å². The minimum Gasteiger partial charge on any atom is -0.494 e. The van der Waals surface area contributed by atoms with Gasteiger partial charge in [-0.1, -0.05) is 29.0 Å². The molecule has 152 valence electrons. The molecule has 0 bridgehead atoms. The Morgan fingerprint density at radius 1 is 1.10 bits per heavy atom. The summed E-state index contributed by atoms with van der Waals surface area (Å²) in [6, 6.07) is 11.3. The van der Waals surface area contributed by atoms with Crippen molar-refractivity contribution in [3.63, 3.8) is 0 Å². The number of rotatable bonds is 7. The Bertz CT molecular complexity index is 922. The van der Waals surface area contributed by atoms with E-state index in [1.54, 1.807) is 34.8 Å². The van der Waals surface area contributed by atoms with Gasteiger partial charge in [0.05, 0.1) is 11.5 Å². The van der Waals surface area contributed by atoms with Crippen LogP contribution in [0.1, 0.15) is 12.8 Å². The highest BCUT2D eigenvalue weighted by atomic mass is 35.5. The summed E-state index contributed by atoms with van der Waals surface area (Å²) in [4.78, 5) is 17.8. The Morgan fingerprint density at radius 2 is 1.90 bits per heavy atom. The second-order valence-electron chi connectivity index (χ2n) is 6.64. The van der Waals surface area contributed by atoms with Crippen LogP contribution in [0.25, 0.3) is 9.88 Å². The normalized spacial score (nSPS) is 14.2. The SMILES string of the molecule is O=C(CCCOc1ccc(Cl)cc1)N1CCN(c2nnc(-c3cccs3)s2)CC1. The lowest BCUT2D eigenvalue weighted by molar-refractivity contribution is -0.131. The van der Waals surface area contributed by atoms with E-state index in [4.69, 9.17) is 16.3 Å². The highest BCUT2D eigenvalue weighted by Gasteiger charge is 2.23. The van der Waals surface area contributed by atoms with Crippen molar-refractivity contribution >= 4 is 45.3 Å². The van der Waals surface area contributed by atoms with Gasteiger partial charge in [0.2, 0.25) is 11.0 Å². The number of hydrogen-bond donors (Lipinski definition) is 0. The molecule has 0 radical (unpaired) electrons. The van der Waals surface area contributed by atoms with Crippen LogP contribution in [-0.2, 0) is 4.79 Å². The van der Waals surface area contributed by atoms with Crippen molar-refractivity contribution in [2.24, 2.45) is 0 Å². The zero-order valence-electron chi connectivity index (χ0n) is 15.8. The molecule has 3 heterocycles. The Morgan fingerprint density at radius 3 is 2.62 bits per heavy atom. The number of halogens is 1. The molecule has 1 aliphatic heterocycles. The lowest BCUT2D eigenvalue weighted by Gasteiger charge is -2.34. The predicted molar refractivity (Wildman–Crippen MR) is 118 cm³/mol. The van der Waals surface area contributed by atoms with E-state index >= 15 is 0 Å². The summed E-state index contributed by atoms with van der Waals surface area (Å²) in [5.74, 6) is 0.954. The number of piperazine rings is 1. The van der Waals surface area contributed by atoms with Gasteiger partial charge in [-0.2, -0.15) is 0 Å². The second-order valence-corrected chi connectivity index (χ2v) is 8.98. The molecule has 0 atom stereocenters. The quantitative estimate of drug-likeness (QED) is 0.500. The van der Waals surface area contributed by atoms with Crippen molar-refractivity contribution in [3.05, 3.63) is 46.8 Å². The predicted octanol–water partition coefficient (Wildman–Crippen LogP) is 4.43. The minimum atomic E-state index is 0.181. The van der Waals surface area contributed by atoms with Gasteiger partial charge < -0.3 is 14.5 Å². The van der Waals surface area contributed by atoms with Gasteiger partial charge in [-0.05, 0) is 42.1 Å². The van der Waals surface area contributed by atoms with Crippen molar-refractivity contribution in [3.8, 4) is 15.6 Å². The fourth-order valence-corrected chi connectivity index (χ4v) is 4.91. The number of aromatic nitrogens is 2. The molecule has 1 aliphatic rings. The summed E-state index contributed by atoms with van der Waals surface area (Å²) >= 11 is 9.14. The molecule has 1 amide bonds. The van der Waals surface area contributed by atoms with Crippen molar-refractivity contribution in [1.29, 1.82) is 0 Å². The lowest BCUT2D eigenvalue weighted by atomic mass is 10.2. The van der Waals surface area contributed by atoms with E-state index < -0.39 is 0 Å². The zero-order valence-corrected chi connectivity index (χ0v) is 18.2. The van der Waals surface area contributed by atoms with Gasteiger partial charge in [0, 0.05) is 37.6 Å². The van der Waals surface area contributed by atoms with Gasteiger partial charge >= 0.3 is 0 Å². The summed E-state index contributed by atoms with van der Waals surface area (Å²) in [6.07, 6.45) is 1.19. The molecular formula is C20H21ClN4O2S2. The Balaban J connectivity index is 1.19. The largest absolute Gasteiger partial charge is 0.494 e. The molecule has 1 fully saturated rings. The third kappa shape index (κ3) is 5.26. The molecule has 0 N–H and O–H groups in total. The van der Waals surface area contributed by atoms with Gasteiger partial charge in [0.25, 0.3) is 0 Å². The molecule has 0 saturated carbocycles. The number of benzene rings is 1. The number of hydrogen-bond acceptors (Lipinski definition) is 7. The number of carbonyl (C=O) groups excluding carboxylic acids is 1. The van der Waals surface area contributed by atoms with Gasteiger partial charge in [-0.3, -0.25) is 4.79 Å². The minimum absolute atomic E-state index is 0.181. The van der Waals surface area contributed by atoms with Crippen LogP contribution in [0.5, 0.6) is 5.75 Å². The van der Waals surface area contributed by atoms with Crippen LogP contribution in [0.4, 0.5) is 5.13 Å². The summed E-state index contributed by atoms with van der Waals surface area (Å²) in [7, 11) is 0. The number of anilines is 1. The third-order valence-corrected chi connectivity index (χ3v) is 6.94. The maximum Gasteiger partial charge on any atom is 0.222 e. The molecule has 0 spiro atoms. The number of amides is 1. The van der Waals surface area contributed by atoms with E-state index in [2.05, 4.69) is 21.2 Å². The smallest absolute Gasteiger partial charge is 0.222 e. The van der Waals surface area contributed by atoms with Crippen LogP contribution in [0.3, 0.4) is 0 Å². The van der Waals surface area contributed by atoms with E-state index in [1.807, 2.05) is 28.5 Å². The summed E-state index contributed by atoms with van der Waals surface area (Å²) in [5, 5.41) is 13.2. The molecular weight excluding hydrogens is 428 g/mol. The Hall–Kier alpha value is -2.16. The van der Waals surface area contributed by atoms with Gasteiger partial charge in [-0.15, -0.1) is 21.5 Å². The van der Waals surface area contributed by atoms with Crippen LogP contribution in [-0.4, -0.2) is 53.8 Å². The highest BCUT2D eigenvalue weighted by molar-refractivity contribution is 7.22. The Kier molecular flexibility index (Phi) is 6.63. The summed E-state index contributed by atoms with van der Waals surface area (Å²) in [6.45, 7) is 3.51. The number of nitrogens with zero attached hydrogens (tertiary/aromatic N) is 4. The van der Waals surface area contributed by atoms with Crippen LogP contribution in [0, 0.1) is 0 Å². The molecule has 1 aromatic carbocycles. The average Bonchev–Trinajstić information content (AvgIpc) is 3.44. The topological polar surface area (TPSA) is 58.6 Å². The number of thiophene rings is 1. The monoisotopic (exact) mass is 448 g/mol. The fourth-order valence-electron chi connectivity index (χ4n) is 3.09. The van der Waals surface area contributed by atoms with Crippen molar-refractivity contribution in [2.45, 2.75) is 12.8 Å². The van der Waals surface area contributed by atoms with E-state index in [0.29, 0.717) is 37.6 Å². The Labute approximate surface area is 182 Å². The molecule has 6 nitrogen and oxygen atoms in total. The van der Waals surface area contributed by atoms with Crippen molar-refractivity contribution in [2.75, 3.05) is 37.7 Å². The maximum atomic E-state index is 12.5. The van der Waals surface area contributed by atoms with E-state index in [0.717, 1.165) is 33.9 Å². The van der Waals surface area contributed by atoms with Gasteiger partial charge in [0.15, 0.2) is 5.01 Å².